The average molecular weight is 394 g/mol. The Morgan fingerprint density at radius 3 is 2.59 bits per heavy atom. The topological polar surface area (TPSA) is 67.9 Å². The van der Waals surface area contributed by atoms with Gasteiger partial charge in [-0.3, -0.25) is 9.59 Å². The third-order valence-electron chi connectivity index (χ3n) is 5.84. The van der Waals surface area contributed by atoms with Gasteiger partial charge in [-0.05, 0) is 41.7 Å². The predicted octanol–water partition coefficient (Wildman–Crippen LogP) is 2.86. The van der Waals surface area contributed by atoms with Gasteiger partial charge in [0.15, 0.2) is 11.5 Å². The van der Waals surface area contributed by atoms with Gasteiger partial charge in [-0.15, -0.1) is 0 Å². The Morgan fingerprint density at radius 2 is 1.86 bits per heavy atom. The monoisotopic (exact) mass is 394 g/mol. The van der Waals surface area contributed by atoms with Gasteiger partial charge >= 0.3 is 0 Å². The number of fused-ring (bicyclic) bond motifs is 1. The first-order chi connectivity index (χ1) is 14.1. The lowest BCUT2D eigenvalue weighted by Gasteiger charge is -2.19. The fraction of sp³-hybridized carbons (Fsp3) is 0.391. The van der Waals surface area contributed by atoms with E-state index >= 15 is 0 Å². The Hall–Kier alpha value is -3.02. The molecule has 4 rings (SSSR count). The Bertz CT molecular complexity index is 913. The van der Waals surface area contributed by atoms with Crippen molar-refractivity contribution < 1.29 is 19.1 Å². The number of amides is 2. The van der Waals surface area contributed by atoms with E-state index in [0.29, 0.717) is 24.6 Å². The maximum Gasteiger partial charge on any atom is 0.225 e. The number of benzene rings is 2. The Balaban J connectivity index is 1.42. The van der Waals surface area contributed by atoms with Crippen LogP contribution in [0.25, 0.3) is 0 Å². The zero-order valence-electron chi connectivity index (χ0n) is 16.8. The van der Waals surface area contributed by atoms with Gasteiger partial charge in [-0.1, -0.05) is 30.3 Å². The van der Waals surface area contributed by atoms with Gasteiger partial charge in [0.1, 0.15) is 0 Å². The van der Waals surface area contributed by atoms with Crippen LogP contribution >= 0.6 is 0 Å². The molecule has 1 aliphatic carbocycles. The quantitative estimate of drug-likeness (QED) is 0.818. The summed E-state index contributed by atoms with van der Waals surface area (Å²) in [6, 6.07) is 13.7. The Labute approximate surface area is 170 Å². The highest BCUT2D eigenvalue weighted by molar-refractivity contribution is 5.89. The van der Waals surface area contributed by atoms with Crippen molar-refractivity contribution in [2.24, 2.45) is 5.92 Å². The van der Waals surface area contributed by atoms with Gasteiger partial charge in [0, 0.05) is 19.5 Å². The normalized spacial score (nSPS) is 20.5. The zero-order chi connectivity index (χ0) is 20.4. The molecule has 1 saturated heterocycles. The minimum absolute atomic E-state index is 0.0345. The average Bonchev–Trinajstić information content (AvgIpc) is 3.30. The maximum absolute atomic E-state index is 12.9. The highest BCUT2D eigenvalue weighted by Crippen LogP contribution is 2.39. The number of nitrogens with zero attached hydrogens (tertiary/aromatic N) is 1. The van der Waals surface area contributed by atoms with Crippen molar-refractivity contribution in [2.75, 3.05) is 20.8 Å². The molecule has 2 atom stereocenters. The first kappa shape index (κ1) is 19.3. The van der Waals surface area contributed by atoms with Crippen molar-refractivity contribution in [3.8, 4) is 11.5 Å². The van der Waals surface area contributed by atoms with E-state index in [9.17, 15) is 9.59 Å². The molecule has 0 unspecified atom stereocenters. The summed E-state index contributed by atoms with van der Waals surface area (Å²) in [6.07, 6.45) is 1.99. The van der Waals surface area contributed by atoms with Crippen molar-refractivity contribution in [3.63, 3.8) is 0 Å². The van der Waals surface area contributed by atoms with Crippen LogP contribution in [0.1, 0.15) is 35.6 Å². The van der Waals surface area contributed by atoms with Gasteiger partial charge in [-0.2, -0.15) is 0 Å². The van der Waals surface area contributed by atoms with Crippen LogP contribution in [0.15, 0.2) is 42.5 Å². The van der Waals surface area contributed by atoms with E-state index in [-0.39, 0.29) is 30.2 Å². The zero-order valence-corrected chi connectivity index (χ0v) is 16.8. The van der Waals surface area contributed by atoms with E-state index in [2.05, 4.69) is 5.32 Å². The fourth-order valence-corrected chi connectivity index (χ4v) is 4.28. The highest BCUT2D eigenvalue weighted by Gasteiger charge is 2.36. The molecule has 2 aromatic carbocycles. The van der Waals surface area contributed by atoms with E-state index in [1.54, 1.807) is 19.1 Å². The van der Waals surface area contributed by atoms with Gasteiger partial charge in [0.2, 0.25) is 11.8 Å². The molecule has 2 aliphatic rings. The number of hydrogen-bond donors (Lipinski definition) is 1. The minimum Gasteiger partial charge on any atom is -0.493 e. The van der Waals surface area contributed by atoms with E-state index in [0.717, 1.165) is 24.0 Å². The number of carbonyl (C=O) groups excluding carboxylic acids is 2. The second-order valence-electron chi connectivity index (χ2n) is 7.67. The number of aryl methyl sites for hydroxylation is 1. The van der Waals surface area contributed by atoms with Crippen molar-refractivity contribution >= 4 is 11.8 Å². The lowest BCUT2D eigenvalue weighted by Crippen LogP contribution is -2.34. The first-order valence-electron chi connectivity index (χ1n) is 9.96. The number of rotatable bonds is 6. The standard InChI is InChI=1S/C23H26N2O4/c1-28-20-10-16-8-9-19(18(16)12-21(20)29-2)24-23(27)17-11-22(26)25(14-17)13-15-6-4-3-5-7-15/h3-7,10,12,17,19H,8-9,11,13-14H2,1-2H3,(H,24,27)/t17-,19-/m0/s1. The Morgan fingerprint density at radius 1 is 1.14 bits per heavy atom. The van der Waals surface area contributed by atoms with Crippen LogP contribution in [0.3, 0.4) is 0 Å². The van der Waals surface area contributed by atoms with Gasteiger partial charge < -0.3 is 19.7 Å². The summed E-state index contributed by atoms with van der Waals surface area (Å²) >= 11 is 0. The summed E-state index contributed by atoms with van der Waals surface area (Å²) in [5.74, 6) is 1.04. The fourth-order valence-electron chi connectivity index (χ4n) is 4.28. The number of nitrogens with one attached hydrogen (secondary N) is 1. The number of methoxy groups -OCH3 is 2. The van der Waals surface area contributed by atoms with Crippen molar-refractivity contribution in [1.29, 1.82) is 0 Å². The van der Waals surface area contributed by atoms with Crippen LogP contribution in [-0.4, -0.2) is 37.5 Å². The summed E-state index contributed by atoms with van der Waals surface area (Å²) < 4.78 is 10.8. The second kappa shape index (κ2) is 8.15. The molecule has 2 amide bonds. The molecule has 0 radical (unpaired) electrons. The molecule has 6 heteroatoms. The lowest BCUT2D eigenvalue weighted by molar-refractivity contribution is -0.129. The molecule has 0 saturated carbocycles. The molecular weight excluding hydrogens is 368 g/mol. The molecular formula is C23H26N2O4. The molecule has 6 nitrogen and oxygen atoms in total. The summed E-state index contributed by atoms with van der Waals surface area (Å²) in [7, 11) is 3.23. The van der Waals surface area contributed by atoms with Gasteiger partial charge in [0.25, 0.3) is 0 Å². The van der Waals surface area contributed by atoms with Crippen LogP contribution < -0.4 is 14.8 Å². The molecule has 1 heterocycles. The van der Waals surface area contributed by atoms with Crippen molar-refractivity contribution in [3.05, 3.63) is 59.2 Å². The molecule has 0 aromatic heterocycles. The summed E-state index contributed by atoms with van der Waals surface area (Å²) in [6.45, 7) is 1.01. The van der Waals surface area contributed by atoms with Crippen LogP contribution in [0.4, 0.5) is 0 Å². The van der Waals surface area contributed by atoms with Crippen LogP contribution in [0.5, 0.6) is 11.5 Å². The van der Waals surface area contributed by atoms with E-state index < -0.39 is 0 Å². The lowest BCUT2D eigenvalue weighted by atomic mass is 10.0. The number of hydrogen-bond acceptors (Lipinski definition) is 4. The molecule has 1 fully saturated rings. The smallest absolute Gasteiger partial charge is 0.225 e. The number of likely N-dealkylation sites (tertiary alicyclic amines) is 1. The molecule has 0 bridgehead atoms. The second-order valence-corrected chi connectivity index (χ2v) is 7.67. The van der Waals surface area contributed by atoms with Crippen LogP contribution in [0.2, 0.25) is 0 Å². The maximum atomic E-state index is 12.9. The largest absolute Gasteiger partial charge is 0.493 e. The summed E-state index contributed by atoms with van der Waals surface area (Å²) in [5, 5.41) is 3.16. The summed E-state index contributed by atoms with van der Waals surface area (Å²) in [4.78, 5) is 27.1. The first-order valence-corrected chi connectivity index (χ1v) is 9.96. The minimum atomic E-state index is -0.310. The van der Waals surface area contributed by atoms with Gasteiger partial charge in [0.05, 0.1) is 26.2 Å². The van der Waals surface area contributed by atoms with Gasteiger partial charge in [-0.25, -0.2) is 0 Å². The molecule has 2 aromatic rings. The van der Waals surface area contributed by atoms with E-state index in [1.807, 2.05) is 42.5 Å². The van der Waals surface area contributed by atoms with Crippen molar-refractivity contribution in [2.45, 2.75) is 31.8 Å². The third kappa shape index (κ3) is 3.92. The number of ether oxygens (including phenoxy) is 2. The van der Waals surface area contributed by atoms with Crippen LogP contribution in [0, 0.1) is 5.92 Å². The molecule has 152 valence electrons. The Kier molecular flexibility index (Phi) is 5.43. The summed E-state index contributed by atoms with van der Waals surface area (Å²) in [5.41, 5.74) is 3.32. The van der Waals surface area contributed by atoms with Crippen LogP contribution in [-0.2, 0) is 22.6 Å². The predicted molar refractivity (Wildman–Crippen MR) is 109 cm³/mol. The van der Waals surface area contributed by atoms with E-state index in [4.69, 9.17) is 9.47 Å². The SMILES string of the molecule is COc1cc2c(cc1OC)[C@@H](NC(=O)[C@H]1CC(=O)N(Cc3ccccc3)C1)CC2. The third-order valence-corrected chi connectivity index (χ3v) is 5.84. The highest BCUT2D eigenvalue weighted by atomic mass is 16.5. The molecule has 0 spiro atoms. The molecule has 1 N–H and O–H groups in total. The van der Waals surface area contributed by atoms with E-state index in [1.165, 1.54) is 5.56 Å². The molecule has 29 heavy (non-hydrogen) atoms. The molecule has 1 aliphatic heterocycles. The van der Waals surface area contributed by atoms with Crippen molar-refractivity contribution in [1.82, 2.24) is 10.2 Å². The number of carbonyl (C=O) groups is 2.